The van der Waals surface area contributed by atoms with Gasteiger partial charge in [0, 0.05) is 11.3 Å². The molecule has 2 aromatic heterocycles. The van der Waals surface area contributed by atoms with Crippen molar-refractivity contribution in [2.45, 2.75) is 4.90 Å². The molecule has 10 heteroatoms. The highest BCUT2D eigenvalue weighted by Gasteiger charge is 2.16. The Bertz CT molecular complexity index is 1380. The molecule has 0 bridgehead atoms. The van der Waals surface area contributed by atoms with Crippen molar-refractivity contribution in [1.82, 2.24) is 15.0 Å². The van der Waals surface area contributed by atoms with Crippen molar-refractivity contribution in [2.24, 2.45) is 0 Å². The van der Waals surface area contributed by atoms with Crippen LogP contribution in [0.3, 0.4) is 0 Å². The highest BCUT2D eigenvalue weighted by Crippen LogP contribution is 2.32. The van der Waals surface area contributed by atoms with Crippen LogP contribution in [-0.4, -0.2) is 30.5 Å². The lowest BCUT2D eigenvalue weighted by Crippen LogP contribution is -2.12. The zero-order valence-corrected chi connectivity index (χ0v) is 17.1. The standard InChI is InChI=1S/C20H14ClN5O3S/c1-29-18-16(21)11-23-20-17(18)24-19(25-20)13-4-6-14(7-5-13)26-30(27,28)15-8-2-12(10-22)3-9-15/h2-9,11,26H,1H3,(H,23,24,25). The summed E-state index contributed by atoms with van der Waals surface area (Å²) in [4.78, 5) is 11.8. The molecule has 0 saturated heterocycles. The Labute approximate surface area is 177 Å². The van der Waals surface area contributed by atoms with Gasteiger partial charge < -0.3 is 9.72 Å². The second-order valence-electron chi connectivity index (χ2n) is 6.24. The number of ether oxygens (including phenoxy) is 1. The van der Waals surface area contributed by atoms with Gasteiger partial charge in [0.1, 0.15) is 16.4 Å². The number of hydrogen-bond acceptors (Lipinski definition) is 6. The molecule has 4 aromatic rings. The first kappa shape index (κ1) is 19.7. The minimum Gasteiger partial charge on any atom is -0.493 e. The number of H-pyrrole nitrogens is 1. The lowest BCUT2D eigenvalue weighted by atomic mass is 10.2. The highest BCUT2D eigenvalue weighted by molar-refractivity contribution is 7.92. The lowest BCUT2D eigenvalue weighted by Gasteiger charge is -2.08. The smallest absolute Gasteiger partial charge is 0.261 e. The molecule has 0 aliphatic rings. The van der Waals surface area contributed by atoms with Gasteiger partial charge in [-0.2, -0.15) is 5.26 Å². The molecule has 8 nitrogen and oxygen atoms in total. The molecule has 0 aliphatic heterocycles. The number of imidazole rings is 1. The summed E-state index contributed by atoms with van der Waals surface area (Å²) < 4.78 is 32.9. The van der Waals surface area contributed by atoms with Crippen molar-refractivity contribution >= 4 is 38.5 Å². The van der Waals surface area contributed by atoms with Gasteiger partial charge in [-0.1, -0.05) is 11.6 Å². The van der Waals surface area contributed by atoms with Crippen LogP contribution in [0.4, 0.5) is 5.69 Å². The van der Waals surface area contributed by atoms with E-state index in [0.717, 1.165) is 5.56 Å². The fraction of sp³-hybridized carbons (Fsp3) is 0.0500. The average Bonchev–Trinajstić information content (AvgIpc) is 3.18. The summed E-state index contributed by atoms with van der Waals surface area (Å²) in [5, 5.41) is 9.20. The summed E-state index contributed by atoms with van der Waals surface area (Å²) in [7, 11) is -2.26. The van der Waals surface area contributed by atoms with Crippen LogP contribution in [-0.2, 0) is 10.0 Å². The summed E-state index contributed by atoms with van der Waals surface area (Å²) in [5.41, 5.74) is 2.53. The number of methoxy groups -OCH3 is 1. The number of sulfonamides is 1. The van der Waals surface area contributed by atoms with Crippen molar-refractivity contribution in [1.29, 1.82) is 5.26 Å². The van der Waals surface area contributed by atoms with Gasteiger partial charge in [-0.05, 0) is 48.5 Å². The van der Waals surface area contributed by atoms with E-state index >= 15 is 0 Å². The molecule has 4 rings (SSSR count). The van der Waals surface area contributed by atoms with Gasteiger partial charge in [0.2, 0.25) is 0 Å². The summed E-state index contributed by atoms with van der Waals surface area (Å²) in [5.74, 6) is 0.992. The van der Waals surface area contributed by atoms with Crippen molar-refractivity contribution in [2.75, 3.05) is 11.8 Å². The van der Waals surface area contributed by atoms with E-state index in [4.69, 9.17) is 21.6 Å². The Hall–Kier alpha value is -3.61. The number of fused-ring (bicyclic) bond motifs is 1. The molecule has 2 aromatic carbocycles. The van der Waals surface area contributed by atoms with Crippen LogP contribution >= 0.6 is 11.6 Å². The predicted molar refractivity (Wildman–Crippen MR) is 113 cm³/mol. The maximum atomic E-state index is 12.5. The molecule has 2 heterocycles. The van der Waals surface area contributed by atoms with E-state index in [9.17, 15) is 8.42 Å². The molecular weight excluding hydrogens is 426 g/mol. The number of halogens is 1. The van der Waals surface area contributed by atoms with E-state index in [1.807, 2.05) is 6.07 Å². The number of benzene rings is 2. The van der Waals surface area contributed by atoms with E-state index in [1.165, 1.54) is 37.6 Å². The minimum atomic E-state index is -3.77. The Morgan fingerprint density at radius 3 is 2.47 bits per heavy atom. The topological polar surface area (TPSA) is 121 Å². The summed E-state index contributed by atoms with van der Waals surface area (Å²) in [6.07, 6.45) is 1.47. The van der Waals surface area contributed by atoms with Gasteiger partial charge in [0.15, 0.2) is 11.4 Å². The minimum absolute atomic E-state index is 0.0675. The Kier molecular flexibility index (Phi) is 5.03. The molecule has 0 radical (unpaired) electrons. The molecule has 0 atom stereocenters. The number of nitrogens with zero attached hydrogens (tertiary/aromatic N) is 3. The Morgan fingerprint density at radius 1 is 1.13 bits per heavy atom. The fourth-order valence-electron chi connectivity index (χ4n) is 2.87. The molecule has 0 amide bonds. The zero-order valence-electron chi connectivity index (χ0n) is 15.5. The second kappa shape index (κ2) is 7.67. The first-order chi connectivity index (χ1) is 14.4. The number of nitrogens with one attached hydrogen (secondary N) is 2. The summed E-state index contributed by atoms with van der Waals surface area (Å²) in [6.45, 7) is 0. The monoisotopic (exact) mass is 439 g/mol. The van der Waals surface area contributed by atoms with Crippen LogP contribution in [0.25, 0.3) is 22.6 Å². The van der Waals surface area contributed by atoms with Crippen LogP contribution in [0.1, 0.15) is 5.56 Å². The van der Waals surface area contributed by atoms with Crippen molar-refractivity contribution in [3.05, 3.63) is 65.3 Å². The van der Waals surface area contributed by atoms with E-state index in [2.05, 4.69) is 19.7 Å². The predicted octanol–water partition coefficient (Wildman–Crippen LogP) is 3.96. The SMILES string of the molecule is COc1c(Cl)cnc2nc(-c3ccc(NS(=O)(=O)c4ccc(C#N)cc4)cc3)[nH]c12. The van der Waals surface area contributed by atoms with Crippen molar-refractivity contribution < 1.29 is 13.2 Å². The van der Waals surface area contributed by atoms with Crippen LogP contribution < -0.4 is 9.46 Å². The quantitative estimate of drug-likeness (QED) is 0.485. The third kappa shape index (κ3) is 3.66. The Morgan fingerprint density at radius 2 is 1.83 bits per heavy atom. The normalized spacial score (nSPS) is 11.2. The highest BCUT2D eigenvalue weighted by atomic mass is 35.5. The van der Waals surface area contributed by atoms with Gasteiger partial charge >= 0.3 is 0 Å². The van der Waals surface area contributed by atoms with Gasteiger partial charge in [0.25, 0.3) is 10.0 Å². The number of hydrogen-bond donors (Lipinski definition) is 2. The van der Waals surface area contributed by atoms with Crippen molar-refractivity contribution in [3.8, 4) is 23.2 Å². The maximum Gasteiger partial charge on any atom is 0.261 e. The average molecular weight is 440 g/mol. The van der Waals surface area contributed by atoms with E-state index in [-0.39, 0.29) is 4.90 Å². The first-order valence-electron chi connectivity index (χ1n) is 8.63. The maximum absolute atomic E-state index is 12.5. The molecule has 0 spiro atoms. The number of aromatic amines is 1. The Balaban J connectivity index is 1.60. The van der Waals surface area contributed by atoms with Gasteiger partial charge in [-0.15, -0.1) is 0 Å². The van der Waals surface area contributed by atoms with Crippen LogP contribution in [0.15, 0.2) is 59.6 Å². The number of pyridine rings is 1. The van der Waals surface area contributed by atoms with Crippen LogP contribution in [0.5, 0.6) is 5.75 Å². The third-order valence-corrected chi connectivity index (χ3v) is 6.00. The van der Waals surface area contributed by atoms with E-state index in [0.29, 0.717) is 39.0 Å². The summed E-state index contributed by atoms with van der Waals surface area (Å²) >= 11 is 6.09. The molecule has 0 saturated carbocycles. The van der Waals surface area contributed by atoms with Crippen LogP contribution in [0.2, 0.25) is 5.02 Å². The molecular formula is C20H14ClN5O3S. The number of aromatic nitrogens is 3. The molecule has 0 unspecified atom stereocenters. The van der Waals surface area contributed by atoms with Gasteiger partial charge in [-0.25, -0.2) is 18.4 Å². The molecule has 0 fully saturated rings. The van der Waals surface area contributed by atoms with Gasteiger partial charge in [-0.3, -0.25) is 4.72 Å². The second-order valence-corrected chi connectivity index (χ2v) is 8.33. The first-order valence-corrected chi connectivity index (χ1v) is 10.5. The van der Waals surface area contributed by atoms with Crippen molar-refractivity contribution in [3.63, 3.8) is 0 Å². The van der Waals surface area contributed by atoms with E-state index in [1.54, 1.807) is 24.3 Å². The summed E-state index contributed by atoms with van der Waals surface area (Å²) in [6, 6.07) is 14.3. The van der Waals surface area contributed by atoms with Gasteiger partial charge in [0.05, 0.1) is 29.8 Å². The molecule has 0 aliphatic carbocycles. The largest absolute Gasteiger partial charge is 0.493 e. The number of nitriles is 1. The fourth-order valence-corrected chi connectivity index (χ4v) is 4.15. The van der Waals surface area contributed by atoms with Crippen LogP contribution in [0, 0.1) is 11.3 Å². The number of anilines is 1. The third-order valence-electron chi connectivity index (χ3n) is 4.34. The number of rotatable bonds is 5. The molecule has 30 heavy (non-hydrogen) atoms. The molecule has 2 N–H and O–H groups in total. The zero-order chi connectivity index (χ0) is 21.3. The lowest BCUT2D eigenvalue weighted by molar-refractivity contribution is 0.419. The molecule has 150 valence electrons. The van der Waals surface area contributed by atoms with E-state index < -0.39 is 10.0 Å².